The molecule has 28 heavy (non-hydrogen) atoms. The summed E-state index contributed by atoms with van der Waals surface area (Å²) < 4.78 is 0. The van der Waals surface area contributed by atoms with Gasteiger partial charge in [0.1, 0.15) is 0 Å². The number of thioether (sulfide) groups is 1. The zero-order valence-corrected chi connectivity index (χ0v) is 18.4. The molecule has 4 nitrogen and oxygen atoms in total. The normalized spacial score (nSPS) is 17.9. The van der Waals surface area contributed by atoms with Gasteiger partial charge < -0.3 is 15.5 Å². The molecule has 0 atom stereocenters. The van der Waals surface area contributed by atoms with Crippen LogP contribution in [0.5, 0.6) is 0 Å². The molecule has 0 bridgehead atoms. The van der Waals surface area contributed by atoms with Crippen LogP contribution in [-0.4, -0.2) is 46.6 Å². The molecular formula is C22H33N3OS2. The van der Waals surface area contributed by atoms with E-state index >= 15 is 0 Å². The van der Waals surface area contributed by atoms with Crippen molar-refractivity contribution >= 4 is 40.7 Å². The van der Waals surface area contributed by atoms with E-state index in [1.165, 1.54) is 44.3 Å². The van der Waals surface area contributed by atoms with Gasteiger partial charge in [-0.05, 0) is 80.8 Å². The summed E-state index contributed by atoms with van der Waals surface area (Å²) in [5.74, 6) is 1.34. The molecule has 1 aliphatic carbocycles. The number of carbonyl (C=O) groups is 1. The summed E-state index contributed by atoms with van der Waals surface area (Å²) >= 11 is 7.52. The number of amides is 1. The summed E-state index contributed by atoms with van der Waals surface area (Å²) in [4.78, 5) is 14.5. The van der Waals surface area contributed by atoms with Crippen molar-refractivity contribution in [2.45, 2.75) is 63.0 Å². The Morgan fingerprint density at radius 1 is 1.04 bits per heavy atom. The number of hydrogen-bond acceptors (Lipinski definition) is 3. The largest absolute Gasteiger partial charge is 0.362 e. The van der Waals surface area contributed by atoms with Crippen LogP contribution in [0.25, 0.3) is 0 Å². The highest BCUT2D eigenvalue weighted by molar-refractivity contribution is 7.99. The summed E-state index contributed by atoms with van der Waals surface area (Å²) in [6.45, 7) is 2.66. The third kappa shape index (κ3) is 6.96. The molecule has 1 heterocycles. The molecule has 1 aliphatic heterocycles. The van der Waals surface area contributed by atoms with Crippen molar-refractivity contribution < 1.29 is 4.79 Å². The van der Waals surface area contributed by atoms with Crippen LogP contribution in [0.3, 0.4) is 0 Å². The Bertz CT molecular complexity index is 623. The molecule has 1 saturated carbocycles. The maximum absolute atomic E-state index is 12.5. The van der Waals surface area contributed by atoms with E-state index in [1.807, 2.05) is 29.2 Å². The quantitative estimate of drug-likeness (QED) is 0.478. The Balaban J connectivity index is 1.33. The summed E-state index contributed by atoms with van der Waals surface area (Å²) in [7, 11) is 0. The number of hydrogen-bond donors (Lipinski definition) is 2. The minimum Gasteiger partial charge on any atom is -0.362 e. The first-order valence-electron chi connectivity index (χ1n) is 10.8. The Labute approximate surface area is 179 Å². The third-order valence-electron chi connectivity index (χ3n) is 5.55. The lowest BCUT2D eigenvalue weighted by Crippen LogP contribution is -2.35. The first-order chi connectivity index (χ1) is 13.7. The number of nitrogens with one attached hydrogen (secondary N) is 2. The third-order valence-corrected chi connectivity index (χ3v) is 7.26. The summed E-state index contributed by atoms with van der Waals surface area (Å²) in [6, 6.07) is 7.65. The number of nitrogens with zero attached hydrogens (tertiary/aromatic N) is 1. The van der Waals surface area contributed by atoms with Gasteiger partial charge in [0, 0.05) is 36.1 Å². The van der Waals surface area contributed by atoms with E-state index in [0.717, 1.165) is 55.4 Å². The van der Waals surface area contributed by atoms with Gasteiger partial charge in [-0.1, -0.05) is 19.3 Å². The number of benzene rings is 1. The van der Waals surface area contributed by atoms with E-state index in [2.05, 4.69) is 22.4 Å². The SMILES string of the molecule is O=C(c1ccc(NC(=S)NCCCSC2CCCCC2)cc1)N1CCCCC1. The van der Waals surface area contributed by atoms with Crippen molar-refractivity contribution in [3.63, 3.8) is 0 Å². The number of thiocarbonyl (C=S) groups is 1. The van der Waals surface area contributed by atoms with Gasteiger partial charge in [0.15, 0.2) is 5.11 Å². The molecule has 154 valence electrons. The highest BCUT2D eigenvalue weighted by Gasteiger charge is 2.18. The molecule has 6 heteroatoms. The zero-order chi connectivity index (χ0) is 19.6. The van der Waals surface area contributed by atoms with Gasteiger partial charge in [0.05, 0.1) is 0 Å². The van der Waals surface area contributed by atoms with E-state index in [-0.39, 0.29) is 5.91 Å². The van der Waals surface area contributed by atoms with Crippen LogP contribution < -0.4 is 10.6 Å². The fraction of sp³-hybridized carbons (Fsp3) is 0.636. The van der Waals surface area contributed by atoms with Crippen LogP contribution >= 0.6 is 24.0 Å². The fourth-order valence-electron chi connectivity index (χ4n) is 3.91. The molecule has 0 radical (unpaired) electrons. The van der Waals surface area contributed by atoms with Crippen LogP contribution in [0.15, 0.2) is 24.3 Å². The van der Waals surface area contributed by atoms with E-state index in [0.29, 0.717) is 5.11 Å². The molecule has 2 fully saturated rings. The van der Waals surface area contributed by atoms with Crippen molar-refractivity contribution in [3.8, 4) is 0 Å². The molecule has 2 aliphatic rings. The molecule has 3 rings (SSSR count). The Morgan fingerprint density at radius 3 is 2.43 bits per heavy atom. The van der Waals surface area contributed by atoms with Crippen molar-refractivity contribution in [2.24, 2.45) is 0 Å². The smallest absolute Gasteiger partial charge is 0.253 e. The monoisotopic (exact) mass is 419 g/mol. The highest BCUT2D eigenvalue weighted by atomic mass is 32.2. The molecular weight excluding hydrogens is 386 g/mol. The summed E-state index contributed by atoms with van der Waals surface area (Å²) in [5.41, 5.74) is 1.68. The molecule has 1 saturated heterocycles. The number of likely N-dealkylation sites (tertiary alicyclic amines) is 1. The number of rotatable bonds is 7. The molecule has 1 amide bonds. The van der Waals surface area contributed by atoms with Gasteiger partial charge in [0.25, 0.3) is 5.91 Å². The van der Waals surface area contributed by atoms with E-state index in [9.17, 15) is 4.79 Å². The van der Waals surface area contributed by atoms with Crippen LogP contribution in [0.2, 0.25) is 0 Å². The average Bonchev–Trinajstić information content (AvgIpc) is 2.75. The van der Waals surface area contributed by atoms with E-state index < -0.39 is 0 Å². The standard InChI is InChI=1S/C22H33N3OS2/c26-21(25-15-5-2-6-16-25)18-10-12-19(13-11-18)24-22(27)23-14-7-17-28-20-8-3-1-4-9-20/h10-13,20H,1-9,14-17H2,(H2,23,24,27). The lowest BCUT2D eigenvalue weighted by atomic mass is 10.0. The van der Waals surface area contributed by atoms with E-state index in [1.54, 1.807) is 0 Å². The van der Waals surface area contributed by atoms with Gasteiger partial charge in [-0.15, -0.1) is 0 Å². The van der Waals surface area contributed by atoms with Crippen LogP contribution in [0.4, 0.5) is 5.69 Å². The maximum atomic E-state index is 12.5. The second kappa shape index (κ2) is 11.7. The second-order valence-electron chi connectivity index (χ2n) is 7.80. The zero-order valence-electron chi connectivity index (χ0n) is 16.8. The first kappa shape index (κ1) is 21.4. The maximum Gasteiger partial charge on any atom is 0.253 e. The Kier molecular flexibility index (Phi) is 8.93. The Hall–Kier alpha value is -1.27. The minimum absolute atomic E-state index is 0.141. The molecule has 0 aromatic heterocycles. The number of carbonyl (C=O) groups excluding carboxylic acids is 1. The van der Waals surface area contributed by atoms with Gasteiger partial charge in [-0.3, -0.25) is 4.79 Å². The van der Waals surface area contributed by atoms with Gasteiger partial charge in [-0.2, -0.15) is 11.8 Å². The van der Waals surface area contributed by atoms with Gasteiger partial charge >= 0.3 is 0 Å². The Morgan fingerprint density at radius 2 is 1.71 bits per heavy atom. The lowest BCUT2D eigenvalue weighted by Gasteiger charge is -2.26. The summed E-state index contributed by atoms with van der Waals surface area (Å²) in [5, 5.41) is 8.04. The van der Waals surface area contributed by atoms with Gasteiger partial charge in [0.2, 0.25) is 0 Å². The number of anilines is 1. The topological polar surface area (TPSA) is 44.4 Å². The molecule has 0 spiro atoms. The fourth-order valence-corrected chi connectivity index (χ4v) is 5.44. The van der Waals surface area contributed by atoms with Crippen molar-refractivity contribution in [2.75, 3.05) is 30.7 Å². The highest BCUT2D eigenvalue weighted by Crippen LogP contribution is 2.28. The first-order valence-corrected chi connectivity index (χ1v) is 12.2. The van der Waals surface area contributed by atoms with Crippen molar-refractivity contribution in [1.29, 1.82) is 0 Å². The van der Waals surface area contributed by atoms with Gasteiger partial charge in [-0.25, -0.2) is 0 Å². The predicted octanol–water partition coefficient (Wildman–Crippen LogP) is 5.06. The summed E-state index contributed by atoms with van der Waals surface area (Å²) in [6.07, 6.45) is 11.6. The van der Waals surface area contributed by atoms with Crippen LogP contribution in [-0.2, 0) is 0 Å². The molecule has 2 N–H and O–H groups in total. The average molecular weight is 420 g/mol. The molecule has 1 aromatic carbocycles. The minimum atomic E-state index is 0.141. The van der Waals surface area contributed by atoms with Crippen molar-refractivity contribution in [3.05, 3.63) is 29.8 Å². The predicted molar refractivity (Wildman–Crippen MR) is 124 cm³/mol. The number of piperidine rings is 1. The molecule has 0 unspecified atom stereocenters. The van der Waals surface area contributed by atoms with E-state index in [4.69, 9.17) is 12.2 Å². The van der Waals surface area contributed by atoms with Crippen LogP contribution in [0.1, 0.15) is 68.1 Å². The second-order valence-corrected chi connectivity index (χ2v) is 9.61. The van der Waals surface area contributed by atoms with Crippen LogP contribution in [0, 0.1) is 0 Å². The lowest BCUT2D eigenvalue weighted by molar-refractivity contribution is 0.0724. The molecule has 1 aromatic rings. The van der Waals surface area contributed by atoms with Crippen molar-refractivity contribution in [1.82, 2.24) is 10.2 Å².